The molecule has 3 unspecified atom stereocenters. The second-order valence-electron chi connectivity index (χ2n) is 6.37. The van der Waals surface area contributed by atoms with Gasteiger partial charge >= 0.3 is 5.97 Å². The van der Waals surface area contributed by atoms with Crippen LogP contribution in [-0.4, -0.2) is 31.8 Å². The molecule has 1 N–H and O–H groups in total. The van der Waals surface area contributed by atoms with Gasteiger partial charge in [0.15, 0.2) is 0 Å². The minimum absolute atomic E-state index is 0.0110. The lowest BCUT2D eigenvalue weighted by molar-refractivity contribution is -0.0923. The Balaban J connectivity index is 1.87. The SMILES string of the molecule is COC(=O)c1cc(F)ccc1NC1C2CCOC2C1(C)C. The molecule has 0 amide bonds. The van der Waals surface area contributed by atoms with Crippen LogP contribution in [0.3, 0.4) is 0 Å². The van der Waals surface area contributed by atoms with E-state index in [-0.39, 0.29) is 23.1 Å². The third-order valence-corrected chi connectivity index (χ3v) is 4.80. The molecule has 2 aliphatic rings. The molecule has 1 heterocycles. The molecule has 21 heavy (non-hydrogen) atoms. The predicted octanol–water partition coefficient (Wildman–Crippen LogP) is 2.84. The summed E-state index contributed by atoms with van der Waals surface area (Å²) >= 11 is 0. The Morgan fingerprint density at radius 2 is 2.24 bits per heavy atom. The number of carbonyl (C=O) groups excluding carboxylic acids is 1. The first-order chi connectivity index (χ1) is 9.95. The fraction of sp³-hybridized carbons (Fsp3) is 0.562. The van der Waals surface area contributed by atoms with Gasteiger partial charge in [-0.1, -0.05) is 13.8 Å². The zero-order valence-corrected chi connectivity index (χ0v) is 12.5. The molecule has 4 nitrogen and oxygen atoms in total. The largest absolute Gasteiger partial charge is 0.465 e. The molecule has 1 aromatic carbocycles. The molecule has 1 saturated heterocycles. The van der Waals surface area contributed by atoms with E-state index in [2.05, 4.69) is 19.2 Å². The van der Waals surface area contributed by atoms with Crippen LogP contribution in [0.1, 0.15) is 30.6 Å². The van der Waals surface area contributed by atoms with Gasteiger partial charge in [0.05, 0.1) is 18.8 Å². The highest BCUT2D eigenvalue weighted by Crippen LogP contribution is 2.53. The van der Waals surface area contributed by atoms with Crippen LogP contribution in [0.15, 0.2) is 18.2 Å². The number of hydrogen-bond donors (Lipinski definition) is 1. The second kappa shape index (κ2) is 4.98. The molecule has 3 rings (SSSR count). The number of carbonyl (C=O) groups is 1. The Morgan fingerprint density at radius 3 is 2.95 bits per heavy atom. The first-order valence-electron chi connectivity index (χ1n) is 7.21. The first-order valence-corrected chi connectivity index (χ1v) is 7.21. The number of hydrogen-bond acceptors (Lipinski definition) is 4. The van der Waals surface area contributed by atoms with E-state index >= 15 is 0 Å². The van der Waals surface area contributed by atoms with Gasteiger partial charge in [-0.25, -0.2) is 9.18 Å². The highest BCUT2D eigenvalue weighted by molar-refractivity contribution is 5.95. The lowest BCUT2D eigenvalue weighted by Gasteiger charge is -2.55. The van der Waals surface area contributed by atoms with E-state index in [0.29, 0.717) is 11.6 Å². The number of benzene rings is 1. The predicted molar refractivity (Wildman–Crippen MR) is 76.8 cm³/mol. The van der Waals surface area contributed by atoms with Gasteiger partial charge in [-0.05, 0) is 24.6 Å². The summed E-state index contributed by atoms with van der Waals surface area (Å²) in [5.74, 6) is -0.542. The zero-order valence-electron chi connectivity index (χ0n) is 12.5. The van der Waals surface area contributed by atoms with Gasteiger partial charge in [-0.3, -0.25) is 0 Å². The molecule has 114 valence electrons. The summed E-state index contributed by atoms with van der Waals surface area (Å²) in [4.78, 5) is 11.8. The minimum atomic E-state index is -0.534. The molecular formula is C16H20FNO3. The van der Waals surface area contributed by atoms with Gasteiger partial charge in [0.25, 0.3) is 0 Å². The van der Waals surface area contributed by atoms with Crippen LogP contribution in [0.4, 0.5) is 10.1 Å². The van der Waals surface area contributed by atoms with Crippen molar-refractivity contribution >= 4 is 11.7 Å². The van der Waals surface area contributed by atoms with E-state index in [9.17, 15) is 9.18 Å². The molecule has 0 aromatic heterocycles. The van der Waals surface area contributed by atoms with Gasteiger partial charge in [0.2, 0.25) is 0 Å². The van der Waals surface area contributed by atoms with Crippen molar-refractivity contribution in [1.82, 2.24) is 0 Å². The maximum atomic E-state index is 13.4. The van der Waals surface area contributed by atoms with Crippen molar-refractivity contribution < 1.29 is 18.7 Å². The van der Waals surface area contributed by atoms with Crippen molar-refractivity contribution in [3.8, 4) is 0 Å². The summed E-state index contributed by atoms with van der Waals surface area (Å²) in [6.45, 7) is 5.08. The Morgan fingerprint density at radius 1 is 1.48 bits per heavy atom. The van der Waals surface area contributed by atoms with E-state index in [1.165, 1.54) is 19.2 Å². The highest BCUT2D eigenvalue weighted by atomic mass is 19.1. The average Bonchev–Trinajstić information content (AvgIpc) is 2.91. The van der Waals surface area contributed by atoms with E-state index in [0.717, 1.165) is 13.0 Å². The van der Waals surface area contributed by atoms with Crippen molar-refractivity contribution in [1.29, 1.82) is 0 Å². The number of ether oxygens (including phenoxy) is 2. The average molecular weight is 293 g/mol. The van der Waals surface area contributed by atoms with Gasteiger partial charge in [0.1, 0.15) is 5.82 Å². The number of rotatable bonds is 3. The summed E-state index contributed by atoms with van der Waals surface area (Å²) < 4.78 is 23.9. The van der Waals surface area contributed by atoms with Crippen LogP contribution in [0.2, 0.25) is 0 Å². The number of esters is 1. The van der Waals surface area contributed by atoms with E-state index in [4.69, 9.17) is 9.47 Å². The van der Waals surface area contributed by atoms with Gasteiger partial charge in [0, 0.05) is 29.7 Å². The molecule has 1 aliphatic heterocycles. The molecule has 5 heteroatoms. The Bertz CT molecular complexity index is 573. The summed E-state index contributed by atoms with van der Waals surface area (Å²) in [7, 11) is 1.30. The second-order valence-corrected chi connectivity index (χ2v) is 6.37. The molecule has 1 saturated carbocycles. The summed E-state index contributed by atoms with van der Waals surface area (Å²) in [6.07, 6.45) is 1.28. The zero-order chi connectivity index (χ0) is 15.2. The number of nitrogens with one attached hydrogen (secondary N) is 1. The number of halogens is 1. The third-order valence-electron chi connectivity index (χ3n) is 4.80. The Labute approximate surface area is 123 Å². The number of methoxy groups -OCH3 is 1. The molecular weight excluding hydrogens is 273 g/mol. The topological polar surface area (TPSA) is 47.6 Å². The fourth-order valence-electron chi connectivity index (χ4n) is 3.71. The van der Waals surface area contributed by atoms with Crippen molar-refractivity contribution in [2.45, 2.75) is 32.4 Å². The van der Waals surface area contributed by atoms with Crippen molar-refractivity contribution in [2.24, 2.45) is 11.3 Å². The maximum absolute atomic E-state index is 13.4. The van der Waals surface area contributed by atoms with Crippen LogP contribution in [0.25, 0.3) is 0 Å². The fourth-order valence-corrected chi connectivity index (χ4v) is 3.71. The number of fused-ring (bicyclic) bond motifs is 1. The van der Waals surface area contributed by atoms with Crippen LogP contribution < -0.4 is 5.32 Å². The molecule has 3 atom stereocenters. The van der Waals surface area contributed by atoms with Gasteiger partial charge < -0.3 is 14.8 Å². The van der Waals surface area contributed by atoms with Crippen LogP contribution in [0.5, 0.6) is 0 Å². The van der Waals surface area contributed by atoms with E-state index in [1.54, 1.807) is 6.07 Å². The maximum Gasteiger partial charge on any atom is 0.340 e. The van der Waals surface area contributed by atoms with Crippen molar-refractivity contribution in [2.75, 3.05) is 19.0 Å². The standard InChI is InChI=1S/C16H20FNO3/c1-16(2)13(10-6-7-21-14(10)16)18-12-5-4-9(17)8-11(12)15(19)20-3/h4-5,8,10,13-14,18H,6-7H2,1-3H3. The Kier molecular flexibility index (Phi) is 3.40. The van der Waals surface area contributed by atoms with Gasteiger partial charge in [-0.15, -0.1) is 0 Å². The lowest BCUT2D eigenvalue weighted by atomic mass is 9.57. The molecule has 2 fully saturated rings. The van der Waals surface area contributed by atoms with E-state index < -0.39 is 11.8 Å². The normalized spacial score (nSPS) is 29.4. The lowest BCUT2D eigenvalue weighted by Crippen LogP contribution is -2.63. The highest BCUT2D eigenvalue weighted by Gasteiger charge is 2.59. The van der Waals surface area contributed by atoms with Crippen molar-refractivity contribution in [3.63, 3.8) is 0 Å². The Hall–Kier alpha value is -1.62. The molecule has 0 radical (unpaired) electrons. The van der Waals surface area contributed by atoms with E-state index in [1.807, 2.05) is 0 Å². The molecule has 1 aromatic rings. The summed E-state index contributed by atoms with van der Waals surface area (Å²) in [5, 5.41) is 3.40. The van der Waals surface area contributed by atoms with Crippen LogP contribution in [0, 0.1) is 17.2 Å². The van der Waals surface area contributed by atoms with Gasteiger partial charge in [-0.2, -0.15) is 0 Å². The van der Waals surface area contributed by atoms with Crippen molar-refractivity contribution in [3.05, 3.63) is 29.6 Å². The minimum Gasteiger partial charge on any atom is -0.465 e. The smallest absolute Gasteiger partial charge is 0.340 e. The summed E-state index contributed by atoms with van der Waals surface area (Å²) in [5.41, 5.74) is 0.838. The quantitative estimate of drug-likeness (QED) is 0.871. The first kappa shape index (κ1) is 14.3. The van der Waals surface area contributed by atoms with Crippen LogP contribution >= 0.6 is 0 Å². The van der Waals surface area contributed by atoms with Crippen LogP contribution in [-0.2, 0) is 9.47 Å². The third kappa shape index (κ3) is 2.20. The summed E-state index contributed by atoms with van der Waals surface area (Å²) in [6, 6.07) is 4.37. The molecule has 0 spiro atoms. The molecule has 0 bridgehead atoms. The number of anilines is 1. The monoisotopic (exact) mass is 293 g/mol. The molecule has 1 aliphatic carbocycles.